The van der Waals surface area contributed by atoms with E-state index < -0.39 is 16.9 Å². The van der Waals surface area contributed by atoms with Crippen LogP contribution in [0.2, 0.25) is 0 Å². The van der Waals surface area contributed by atoms with Crippen LogP contribution in [-0.2, 0) is 9.59 Å². The minimum Gasteiger partial charge on any atom is -0.497 e. The van der Waals surface area contributed by atoms with Crippen molar-refractivity contribution < 1.29 is 19.4 Å². The second-order valence-corrected chi connectivity index (χ2v) is 3.42. The second kappa shape index (κ2) is 5.91. The Labute approximate surface area is 103 Å². The minimum atomic E-state index is -1.35. The van der Waals surface area contributed by atoms with Crippen molar-refractivity contribution in [3.05, 3.63) is 35.4 Å². The maximum Gasteiger partial charge on any atom is 0.347 e. The molecule has 0 bridgehead atoms. The monoisotopic (exact) mass is 255 g/mol. The number of anilines is 1. The molecule has 0 saturated heterocycles. The maximum absolute atomic E-state index is 11.3. The lowest BCUT2D eigenvalue weighted by atomic mass is 10.3. The largest absolute Gasteiger partial charge is 0.497 e. The quantitative estimate of drug-likeness (QED) is 0.805. The third-order valence-corrected chi connectivity index (χ3v) is 2.09. The van der Waals surface area contributed by atoms with Gasteiger partial charge in [-0.2, -0.15) is 0 Å². The highest BCUT2D eigenvalue weighted by molar-refractivity contribution is 6.42. The van der Waals surface area contributed by atoms with E-state index in [-0.39, 0.29) is 0 Å². The molecule has 0 aliphatic rings. The summed E-state index contributed by atoms with van der Waals surface area (Å²) in [5.74, 6) is -1.30. The van der Waals surface area contributed by atoms with Crippen LogP contribution in [0.25, 0.3) is 0 Å². The molecule has 0 spiro atoms. The zero-order valence-corrected chi connectivity index (χ0v) is 9.69. The SMILES string of the molecule is COc1ccc(NC(=O)/C=C(/Cl)C(=O)O)cc1. The van der Waals surface area contributed by atoms with Crippen molar-refractivity contribution in [1.29, 1.82) is 0 Å². The van der Waals surface area contributed by atoms with Crippen molar-refractivity contribution in [2.24, 2.45) is 0 Å². The Bertz CT molecular complexity index is 453. The molecule has 5 nitrogen and oxygen atoms in total. The lowest BCUT2D eigenvalue weighted by Gasteiger charge is -2.03. The fraction of sp³-hybridized carbons (Fsp3) is 0.0909. The normalized spacial score (nSPS) is 10.8. The predicted molar refractivity (Wildman–Crippen MR) is 63.2 cm³/mol. The Morgan fingerprint density at radius 3 is 2.41 bits per heavy atom. The molecule has 0 atom stereocenters. The number of nitrogens with one attached hydrogen (secondary N) is 1. The van der Waals surface area contributed by atoms with Gasteiger partial charge in [-0.1, -0.05) is 11.6 Å². The van der Waals surface area contributed by atoms with E-state index in [9.17, 15) is 9.59 Å². The van der Waals surface area contributed by atoms with E-state index in [1.165, 1.54) is 7.11 Å². The van der Waals surface area contributed by atoms with Crippen LogP contribution >= 0.6 is 11.6 Å². The van der Waals surface area contributed by atoms with Gasteiger partial charge in [0.15, 0.2) is 0 Å². The summed E-state index contributed by atoms with van der Waals surface area (Å²) in [5, 5.41) is 10.4. The number of carbonyl (C=O) groups is 2. The number of rotatable bonds is 4. The molecule has 1 rings (SSSR count). The summed E-state index contributed by atoms with van der Waals surface area (Å²) in [6, 6.07) is 6.58. The van der Waals surface area contributed by atoms with Gasteiger partial charge in [-0.15, -0.1) is 0 Å². The van der Waals surface area contributed by atoms with Crippen molar-refractivity contribution in [2.45, 2.75) is 0 Å². The third kappa shape index (κ3) is 4.16. The number of amides is 1. The number of carboxylic acid groups (broad SMARTS) is 1. The summed E-state index contributed by atoms with van der Waals surface area (Å²) in [6.45, 7) is 0. The third-order valence-electron chi connectivity index (χ3n) is 1.82. The van der Waals surface area contributed by atoms with E-state index in [2.05, 4.69) is 5.32 Å². The molecule has 0 radical (unpaired) electrons. The number of ether oxygens (including phenoxy) is 1. The van der Waals surface area contributed by atoms with Crippen molar-refractivity contribution in [3.8, 4) is 5.75 Å². The Balaban J connectivity index is 2.68. The number of carbonyl (C=O) groups excluding carboxylic acids is 1. The number of aliphatic carboxylic acids is 1. The first-order valence-electron chi connectivity index (χ1n) is 4.58. The first-order chi connectivity index (χ1) is 8.02. The smallest absolute Gasteiger partial charge is 0.347 e. The molecule has 1 amide bonds. The van der Waals surface area contributed by atoms with Gasteiger partial charge >= 0.3 is 5.97 Å². The van der Waals surface area contributed by atoms with E-state index in [1.807, 2.05) is 0 Å². The first-order valence-corrected chi connectivity index (χ1v) is 4.96. The van der Waals surface area contributed by atoms with Crippen LogP contribution in [0.5, 0.6) is 5.75 Å². The fourth-order valence-corrected chi connectivity index (χ4v) is 1.13. The molecule has 1 aromatic carbocycles. The van der Waals surface area contributed by atoms with Crippen LogP contribution in [0.15, 0.2) is 35.4 Å². The molecule has 1 aromatic rings. The van der Waals surface area contributed by atoms with Crippen LogP contribution in [0.1, 0.15) is 0 Å². The number of methoxy groups -OCH3 is 1. The van der Waals surface area contributed by atoms with Gasteiger partial charge < -0.3 is 15.2 Å². The average Bonchev–Trinajstić information content (AvgIpc) is 2.29. The molecular weight excluding hydrogens is 246 g/mol. The molecule has 0 heterocycles. The second-order valence-electron chi connectivity index (χ2n) is 3.02. The lowest BCUT2D eigenvalue weighted by molar-refractivity contribution is -0.132. The highest BCUT2D eigenvalue weighted by Gasteiger charge is 2.06. The van der Waals surface area contributed by atoms with Crippen LogP contribution in [0.4, 0.5) is 5.69 Å². The molecule has 0 aromatic heterocycles. The van der Waals surface area contributed by atoms with E-state index in [0.29, 0.717) is 11.4 Å². The van der Waals surface area contributed by atoms with Gasteiger partial charge in [-0.05, 0) is 24.3 Å². The molecule has 6 heteroatoms. The number of hydrogen-bond acceptors (Lipinski definition) is 3. The summed E-state index contributed by atoms with van der Waals surface area (Å²) < 4.78 is 4.95. The van der Waals surface area contributed by atoms with E-state index in [1.54, 1.807) is 24.3 Å². The van der Waals surface area contributed by atoms with Crippen LogP contribution < -0.4 is 10.1 Å². The summed E-state index contributed by atoms with van der Waals surface area (Å²) in [5.41, 5.74) is 0.516. The average molecular weight is 256 g/mol. The van der Waals surface area contributed by atoms with Gasteiger partial charge in [0.05, 0.1) is 7.11 Å². The number of carboxylic acids is 1. The molecule has 0 aliphatic carbocycles. The molecule has 0 saturated carbocycles. The lowest BCUT2D eigenvalue weighted by Crippen LogP contribution is -2.10. The molecule has 0 fully saturated rings. The summed E-state index contributed by atoms with van der Waals surface area (Å²) >= 11 is 5.31. The van der Waals surface area contributed by atoms with Crippen molar-refractivity contribution >= 4 is 29.2 Å². The fourth-order valence-electron chi connectivity index (χ4n) is 1.03. The molecular formula is C11H10ClNO4. The number of hydrogen-bond donors (Lipinski definition) is 2. The minimum absolute atomic E-state index is 0.516. The van der Waals surface area contributed by atoms with Gasteiger partial charge in [0.2, 0.25) is 5.91 Å². The van der Waals surface area contributed by atoms with E-state index >= 15 is 0 Å². The molecule has 90 valence electrons. The van der Waals surface area contributed by atoms with Crippen LogP contribution in [0, 0.1) is 0 Å². The highest BCUT2D eigenvalue weighted by Crippen LogP contribution is 2.15. The maximum atomic E-state index is 11.3. The van der Waals surface area contributed by atoms with Crippen molar-refractivity contribution in [2.75, 3.05) is 12.4 Å². The van der Waals surface area contributed by atoms with E-state index in [4.69, 9.17) is 21.4 Å². The molecule has 2 N–H and O–H groups in total. The highest BCUT2D eigenvalue weighted by atomic mass is 35.5. The van der Waals surface area contributed by atoms with Crippen molar-refractivity contribution in [3.63, 3.8) is 0 Å². The molecule has 0 aliphatic heterocycles. The summed E-state index contributed by atoms with van der Waals surface area (Å²) in [6.07, 6.45) is 0.800. The Morgan fingerprint density at radius 1 is 1.35 bits per heavy atom. The summed E-state index contributed by atoms with van der Waals surface area (Å²) in [7, 11) is 1.53. The Morgan fingerprint density at radius 2 is 1.94 bits per heavy atom. The number of benzene rings is 1. The first kappa shape index (κ1) is 13.1. The topological polar surface area (TPSA) is 75.6 Å². The molecule has 0 unspecified atom stereocenters. The zero-order valence-electron chi connectivity index (χ0n) is 8.94. The van der Waals surface area contributed by atoms with Gasteiger partial charge in [0.25, 0.3) is 0 Å². The van der Waals surface area contributed by atoms with E-state index in [0.717, 1.165) is 6.08 Å². The number of halogens is 1. The Kier molecular flexibility index (Phi) is 4.54. The van der Waals surface area contributed by atoms with Crippen LogP contribution in [-0.4, -0.2) is 24.1 Å². The van der Waals surface area contributed by atoms with Gasteiger partial charge in [-0.3, -0.25) is 4.79 Å². The van der Waals surface area contributed by atoms with Gasteiger partial charge in [-0.25, -0.2) is 4.79 Å². The van der Waals surface area contributed by atoms with Gasteiger partial charge in [0, 0.05) is 11.8 Å². The van der Waals surface area contributed by atoms with Gasteiger partial charge in [0.1, 0.15) is 10.8 Å². The predicted octanol–water partition coefficient (Wildman–Crippen LogP) is 1.84. The standard InChI is InChI=1S/C11H10ClNO4/c1-17-8-4-2-7(3-5-8)13-10(14)6-9(12)11(15)16/h2-6H,1H3,(H,13,14)(H,15,16)/b9-6+. The summed E-state index contributed by atoms with van der Waals surface area (Å²) in [4.78, 5) is 21.7. The molecule has 17 heavy (non-hydrogen) atoms. The Hall–Kier alpha value is -2.01. The van der Waals surface area contributed by atoms with Crippen molar-refractivity contribution in [1.82, 2.24) is 0 Å². The zero-order chi connectivity index (χ0) is 12.8. The van der Waals surface area contributed by atoms with Crippen LogP contribution in [0.3, 0.4) is 0 Å².